The van der Waals surface area contributed by atoms with E-state index in [0.29, 0.717) is 0 Å². The van der Waals surface area contributed by atoms with Crippen molar-refractivity contribution in [1.82, 2.24) is 0 Å². The third-order valence-electron chi connectivity index (χ3n) is 3.96. The van der Waals surface area contributed by atoms with Crippen LogP contribution < -0.4 is 10.6 Å². The second-order valence-electron chi connectivity index (χ2n) is 6.10. The van der Waals surface area contributed by atoms with E-state index in [2.05, 4.69) is 10.6 Å². The fourth-order valence-electron chi connectivity index (χ4n) is 2.42. The van der Waals surface area contributed by atoms with Crippen LogP contribution in [0.2, 0.25) is 10.0 Å². The molecular weight excluding hydrogens is 404 g/mol. The second-order valence-corrected chi connectivity index (χ2v) is 6.94. The van der Waals surface area contributed by atoms with Gasteiger partial charge in [-0.25, -0.2) is 0 Å². The van der Waals surface area contributed by atoms with Crippen molar-refractivity contribution in [3.05, 3.63) is 57.6 Å². The minimum absolute atomic E-state index is 0.0120. The maximum absolute atomic E-state index is 13.4. The maximum Gasteiger partial charge on any atom is 0.418 e. The predicted molar refractivity (Wildman–Crippen MR) is 97.2 cm³/mol. The minimum Gasteiger partial charge on any atom is -0.326 e. The molecule has 1 fully saturated rings. The smallest absolute Gasteiger partial charge is 0.326 e. The summed E-state index contributed by atoms with van der Waals surface area (Å²) in [6, 6.07) is 7.26. The Morgan fingerprint density at radius 1 is 1.00 bits per heavy atom. The highest BCUT2D eigenvalue weighted by Crippen LogP contribution is 2.38. The van der Waals surface area contributed by atoms with Gasteiger partial charge in [-0.2, -0.15) is 13.2 Å². The Balaban J connectivity index is 1.88. The summed E-state index contributed by atoms with van der Waals surface area (Å²) in [5.74, 6) is -1.29. The molecule has 0 atom stereocenters. The molecule has 27 heavy (non-hydrogen) atoms. The molecule has 1 aliphatic carbocycles. The van der Waals surface area contributed by atoms with Crippen LogP contribution in [-0.4, -0.2) is 11.8 Å². The van der Waals surface area contributed by atoms with Crippen LogP contribution in [0.15, 0.2) is 36.4 Å². The summed E-state index contributed by atoms with van der Waals surface area (Å²) in [5, 5.41) is 4.93. The van der Waals surface area contributed by atoms with Crippen LogP contribution in [0, 0.1) is 5.92 Å². The van der Waals surface area contributed by atoms with Crippen molar-refractivity contribution in [1.29, 1.82) is 0 Å². The summed E-state index contributed by atoms with van der Waals surface area (Å²) in [6.45, 7) is 0. The molecule has 3 rings (SSSR count). The van der Waals surface area contributed by atoms with Crippen molar-refractivity contribution >= 4 is 46.4 Å². The molecule has 0 aliphatic heterocycles. The third-order valence-corrected chi connectivity index (χ3v) is 4.53. The van der Waals surface area contributed by atoms with Crippen LogP contribution in [0.4, 0.5) is 24.5 Å². The molecule has 142 valence electrons. The molecule has 0 saturated heterocycles. The van der Waals surface area contributed by atoms with E-state index in [1.807, 2.05) is 0 Å². The fourth-order valence-corrected chi connectivity index (χ4v) is 2.79. The number of hydrogen-bond donors (Lipinski definition) is 2. The molecule has 9 heteroatoms. The first-order valence-electron chi connectivity index (χ1n) is 7.93. The number of amides is 2. The lowest BCUT2D eigenvalue weighted by molar-refractivity contribution is -0.137. The lowest BCUT2D eigenvalue weighted by atomic mass is 10.1. The number of anilines is 2. The van der Waals surface area contributed by atoms with Gasteiger partial charge in [0.15, 0.2) is 0 Å². The van der Waals surface area contributed by atoms with Crippen molar-refractivity contribution < 1.29 is 22.8 Å². The normalized spacial score (nSPS) is 14.0. The van der Waals surface area contributed by atoms with E-state index in [1.54, 1.807) is 0 Å². The van der Waals surface area contributed by atoms with Crippen molar-refractivity contribution in [3.63, 3.8) is 0 Å². The highest BCUT2D eigenvalue weighted by atomic mass is 35.5. The van der Waals surface area contributed by atoms with Gasteiger partial charge >= 0.3 is 6.18 Å². The number of rotatable bonds is 4. The number of hydrogen-bond acceptors (Lipinski definition) is 2. The molecule has 1 saturated carbocycles. The summed E-state index contributed by atoms with van der Waals surface area (Å²) >= 11 is 11.7. The first-order chi connectivity index (χ1) is 12.6. The van der Waals surface area contributed by atoms with Crippen molar-refractivity contribution in [2.45, 2.75) is 19.0 Å². The molecule has 1 aliphatic rings. The lowest BCUT2D eigenvalue weighted by Gasteiger charge is -2.16. The Kier molecular flexibility index (Phi) is 5.35. The monoisotopic (exact) mass is 416 g/mol. The van der Waals surface area contributed by atoms with Gasteiger partial charge < -0.3 is 10.6 Å². The first kappa shape index (κ1) is 19.5. The van der Waals surface area contributed by atoms with Gasteiger partial charge in [-0.15, -0.1) is 0 Å². The van der Waals surface area contributed by atoms with Crippen LogP contribution in [-0.2, 0) is 11.0 Å². The Labute approximate surface area is 162 Å². The predicted octanol–water partition coefficient (Wildman–Crippen LogP) is 5.61. The number of nitrogens with one attached hydrogen (secondary N) is 2. The highest BCUT2D eigenvalue weighted by Gasteiger charge is 2.35. The van der Waals surface area contributed by atoms with Gasteiger partial charge in [0.2, 0.25) is 5.91 Å². The fraction of sp³-hybridized carbons (Fsp3) is 0.222. The molecule has 2 amide bonds. The van der Waals surface area contributed by atoms with E-state index in [-0.39, 0.29) is 33.1 Å². The van der Waals surface area contributed by atoms with E-state index in [0.717, 1.165) is 25.0 Å². The van der Waals surface area contributed by atoms with Crippen LogP contribution in [0.1, 0.15) is 28.8 Å². The quantitative estimate of drug-likeness (QED) is 0.679. The molecule has 0 spiro atoms. The number of benzene rings is 2. The second kappa shape index (κ2) is 7.40. The summed E-state index contributed by atoms with van der Waals surface area (Å²) in [4.78, 5) is 24.1. The van der Waals surface area contributed by atoms with Gasteiger partial charge in [0.25, 0.3) is 5.91 Å². The summed E-state index contributed by atoms with van der Waals surface area (Å²) < 4.78 is 40.3. The first-order valence-corrected chi connectivity index (χ1v) is 8.69. The number of alkyl halides is 3. The zero-order valence-electron chi connectivity index (χ0n) is 13.7. The van der Waals surface area contributed by atoms with Gasteiger partial charge in [-0.1, -0.05) is 23.2 Å². The van der Waals surface area contributed by atoms with E-state index in [1.165, 1.54) is 24.3 Å². The number of carbonyl (C=O) groups is 2. The van der Waals surface area contributed by atoms with Crippen LogP contribution in [0.5, 0.6) is 0 Å². The van der Waals surface area contributed by atoms with E-state index < -0.39 is 23.3 Å². The Bertz CT molecular complexity index is 912. The summed E-state index contributed by atoms with van der Waals surface area (Å²) in [5.41, 5.74) is -1.57. The van der Waals surface area contributed by atoms with Crippen LogP contribution in [0.3, 0.4) is 0 Å². The van der Waals surface area contributed by atoms with Crippen LogP contribution >= 0.6 is 23.2 Å². The number of halogens is 5. The molecule has 2 aromatic rings. The van der Waals surface area contributed by atoms with Crippen molar-refractivity contribution in [3.8, 4) is 0 Å². The molecule has 0 unspecified atom stereocenters. The molecule has 2 N–H and O–H groups in total. The van der Waals surface area contributed by atoms with Crippen molar-refractivity contribution in [2.75, 3.05) is 10.6 Å². The topological polar surface area (TPSA) is 58.2 Å². The molecule has 0 bridgehead atoms. The average Bonchev–Trinajstić information content (AvgIpc) is 3.42. The third kappa shape index (κ3) is 4.73. The van der Waals surface area contributed by atoms with Gasteiger partial charge in [0, 0.05) is 16.6 Å². The van der Waals surface area contributed by atoms with Gasteiger partial charge in [0.1, 0.15) is 0 Å². The lowest BCUT2D eigenvalue weighted by Crippen LogP contribution is -2.18. The zero-order chi connectivity index (χ0) is 19.8. The maximum atomic E-state index is 13.4. The Morgan fingerprint density at radius 2 is 1.70 bits per heavy atom. The molecule has 0 aromatic heterocycles. The largest absolute Gasteiger partial charge is 0.418 e. The van der Waals surface area contributed by atoms with Gasteiger partial charge in [-0.05, 0) is 49.2 Å². The van der Waals surface area contributed by atoms with Gasteiger partial charge in [0.05, 0.1) is 21.8 Å². The zero-order valence-corrected chi connectivity index (χ0v) is 15.2. The highest BCUT2D eigenvalue weighted by molar-refractivity contribution is 6.36. The molecule has 4 nitrogen and oxygen atoms in total. The Morgan fingerprint density at radius 3 is 2.33 bits per heavy atom. The minimum atomic E-state index is -4.74. The van der Waals surface area contributed by atoms with Crippen molar-refractivity contribution in [2.24, 2.45) is 5.92 Å². The molecule has 0 radical (unpaired) electrons. The van der Waals surface area contributed by atoms with E-state index in [9.17, 15) is 22.8 Å². The SMILES string of the molecule is O=C(Nc1ccc(NC(=O)C2CC2)cc1C(F)(F)F)c1cc(Cl)ccc1Cl. The van der Waals surface area contributed by atoms with Crippen LogP contribution in [0.25, 0.3) is 0 Å². The molecule has 0 heterocycles. The molecular formula is C18H13Cl2F3N2O2. The average molecular weight is 417 g/mol. The van der Waals surface area contributed by atoms with Gasteiger partial charge in [-0.3, -0.25) is 9.59 Å². The molecule has 2 aromatic carbocycles. The number of carbonyl (C=O) groups excluding carboxylic acids is 2. The summed E-state index contributed by atoms with van der Waals surface area (Å²) in [6.07, 6.45) is -3.28. The van der Waals surface area contributed by atoms with E-state index in [4.69, 9.17) is 23.2 Å². The van der Waals surface area contributed by atoms with E-state index >= 15 is 0 Å². The summed E-state index contributed by atoms with van der Waals surface area (Å²) in [7, 11) is 0. The Hall–Kier alpha value is -2.25. The standard InChI is InChI=1S/C18H13Cl2F3N2O2/c19-10-3-5-14(20)12(7-10)17(27)25-15-6-4-11(8-13(15)18(21,22)23)24-16(26)9-1-2-9/h3-9H,1-2H2,(H,24,26)(H,25,27).